The Kier molecular flexibility index (Phi) is 2.96. The molecule has 0 saturated heterocycles. The molecule has 0 amide bonds. The second-order valence-corrected chi connectivity index (χ2v) is 4.52. The number of rotatable bonds is 2. The molecule has 3 rings (SSSR count). The van der Waals surface area contributed by atoms with E-state index in [0.29, 0.717) is 16.8 Å². The first kappa shape index (κ1) is 12.7. The number of aliphatic hydroxyl groups excluding tert-OH is 1. The molecule has 0 aliphatic rings. The molecule has 0 fully saturated rings. The third kappa shape index (κ3) is 1.95. The maximum atomic E-state index is 13.0. The van der Waals surface area contributed by atoms with Crippen molar-refractivity contribution in [3.05, 3.63) is 51.0 Å². The Bertz CT molecular complexity index is 894. The molecular formula is C12H9FN4O2S. The number of benzene rings is 1. The zero-order valence-corrected chi connectivity index (χ0v) is 10.9. The van der Waals surface area contributed by atoms with Gasteiger partial charge in [-0.3, -0.25) is 10.1 Å². The Hall–Kier alpha value is -2.32. The summed E-state index contributed by atoms with van der Waals surface area (Å²) in [6, 6.07) is 5.68. The maximum absolute atomic E-state index is 13.0. The van der Waals surface area contributed by atoms with Gasteiger partial charge >= 0.3 is 5.69 Å². The van der Waals surface area contributed by atoms with Crippen molar-refractivity contribution in [3.63, 3.8) is 0 Å². The predicted molar refractivity (Wildman–Crippen MR) is 72.3 cm³/mol. The summed E-state index contributed by atoms with van der Waals surface area (Å²) in [6.45, 7) is -0.317. The summed E-state index contributed by atoms with van der Waals surface area (Å²) < 4.78 is 14.2. The number of hydrogen-bond donors (Lipinski definition) is 3. The summed E-state index contributed by atoms with van der Waals surface area (Å²) in [4.78, 5) is 18.3. The molecule has 102 valence electrons. The summed E-state index contributed by atoms with van der Waals surface area (Å²) >= 11 is 4.89. The molecule has 0 atom stereocenters. The average molecular weight is 292 g/mol. The molecule has 0 aliphatic heterocycles. The van der Waals surface area contributed by atoms with Gasteiger partial charge in [0.05, 0.1) is 12.3 Å². The van der Waals surface area contributed by atoms with E-state index in [1.165, 1.54) is 12.1 Å². The number of fused-ring (bicyclic) bond motifs is 1. The first-order valence-corrected chi connectivity index (χ1v) is 6.11. The number of aliphatic hydroxyl groups is 1. The van der Waals surface area contributed by atoms with Crippen molar-refractivity contribution < 1.29 is 9.50 Å². The van der Waals surface area contributed by atoms with Crippen LogP contribution in [0.1, 0.15) is 5.69 Å². The normalized spacial score (nSPS) is 11.1. The quantitative estimate of drug-likeness (QED) is 0.623. The molecule has 3 aromatic rings. The van der Waals surface area contributed by atoms with Crippen LogP contribution in [0.2, 0.25) is 0 Å². The van der Waals surface area contributed by atoms with Crippen molar-refractivity contribution in [2.75, 3.05) is 0 Å². The van der Waals surface area contributed by atoms with Crippen molar-refractivity contribution in [1.29, 1.82) is 0 Å². The molecule has 0 spiro atoms. The second kappa shape index (κ2) is 4.66. The minimum atomic E-state index is -0.483. The zero-order chi connectivity index (χ0) is 14.3. The largest absolute Gasteiger partial charge is 0.390 e. The second-order valence-electron chi connectivity index (χ2n) is 4.14. The van der Waals surface area contributed by atoms with E-state index in [1.54, 1.807) is 12.1 Å². The molecule has 0 bridgehead atoms. The van der Waals surface area contributed by atoms with Gasteiger partial charge in [-0.05, 0) is 29.9 Å². The van der Waals surface area contributed by atoms with E-state index in [2.05, 4.69) is 15.1 Å². The molecular weight excluding hydrogens is 283 g/mol. The molecule has 2 aromatic heterocycles. The van der Waals surface area contributed by atoms with Crippen LogP contribution < -0.4 is 5.69 Å². The van der Waals surface area contributed by atoms with E-state index < -0.39 is 5.69 Å². The third-order valence-electron chi connectivity index (χ3n) is 2.90. The topological polar surface area (TPSA) is 86.2 Å². The maximum Gasteiger partial charge on any atom is 0.348 e. The summed E-state index contributed by atoms with van der Waals surface area (Å²) in [5.41, 5.74) is 1.35. The predicted octanol–water partition coefficient (Wildman–Crippen LogP) is 1.38. The minimum Gasteiger partial charge on any atom is -0.390 e. The molecule has 6 nitrogen and oxygen atoms in total. The standard InChI is InChI=1S/C12H9FN4O2S/c13-7-3-1-6(2-4-7)9-8(5-18)16-17-10(9)14-11(20)15-12(17)19/h1-4,16,18H,5H2,(H,15,19,20). The van der Waals surface area contributed by atoms with E-state index in [-0.39, 0.29) is 22.8 Å². The summed E-state index contributed by atoms with van der Waals surface area (Å²) in [7, 11) is 0. The van der Waals surface area contributed by atoms with Crippen LogP contribution in [0.3, 0.4) is 0 Å². The lowest BCUT2D eigenvalue weighted by Gasteiger charge is -2.01. The fourth-order valence-corrected chi connectivity index (χ4v) is 2.22. The van der Waals surface area contributed by atoms with E-state index >= 15 is 0 Å². The molecule has 1 aromatic carbocycles. The van der Waals surface area contributed by atoms with Crippen molar-refractivity contribution >= 4 is 17.9 Å². The van der Waals surface area contributed by atoms with Gasteiger partial charge < -0.3 is 5.11 Å². The number of aromatic amines is 2. The smallest absolute Gasteiger partial charge is 0.348 e. The van der Waals surface area contributed by atoms with Gasteiger partial charge in [0.1, 0.15) is 5.82 Å². The van der Waals surface area contributed by atoms with E-state index in [1.807, 2.05) is 0 Å². The number of hydrogen-bond acceptors (Lipinski definition) is 4. The van der Waals surface area contributed by atoms with Crippen LogP contribution in [0, 0.1) is 10.6 Å². The molecule has 8 heteroatoms. The molecule has 0 saturated carbocycles. The Balaban J connectivity index is 2.41. The van der Waals surface area contributed by atoms with Crippen LogP contribution in [-0.4, -0.2) is 24.7 Å². The first-order chi connectivity index (χ1) is 9.60. The van der Waals surface area contributed by atoms with E-state index in [0.717, 1.165) is 4.52 Å². The van der Waals surface area contributed by atoms with Crippen molar-refractivity contribution in [2.24, 2.45) is 0 Å². The number of aromatic nitrogens is 4. The van der Waals surface area contributed by atoms with E-state index in [9.17, 15) is 14.3 Å². The molecule has 3 N–H and O–H groups in total. The highest BCUT2D eigenvalue weighted by Gasteiger charge is 2.15. The summed E-state index contributed by atoms with van der Waals surface area (Å²) in [6.07, 6.45) is 0. The first-order valence-electron chi connectivity index (χ1n) is 5.71. The SMILES string of the molecule is O=c1[nH]c(=S)nc2c(-c3ccc(F)cc3)c(CO)[nH]n12. The highest BCUT2D eigenvalue weighted by atomic mass is 32.1. The van der Waals surface area contributed by atoms with Crippen LogP contribution in [0.15, 0.2) is 29.1 Å². The minimum absolute atomic E-state index is 0.0434. The summed E-state index contributed by atoms with van der Waals surface area (Å²) in [5, 5.41) is 12.2. The Morgan fingerprint density at radius 3 is 2.70 bits per heavy atom. The number of H-pyrrole nitrogens is 2. The van der Waals surface area contributed by atoms with Gasteiger partial charge in [-0.2, -0.15) is 9.50 Å². The van der Waals surface area contributed by atoms with E-state index in [4.69, 9.17) is 12.2 Å². The van der Waals surface area contributed by atoms with Crippen LogP contribution >= 0.6 is 12.2 Å². The van der Waals surface area contributed by atoms with Gasteiger partial charge in [-0.25, -0.2) is 9.18 Å². The monoisotopic (exact) mass is 292 g/mol. The highest BCUT2D eigenvalue weighted by Crippen LogP contribution is 2.26. The summed E-state index contributed by atoms with van der Waals surface area (Å²) in [5.74, 6) is -0.374. The van der Waals surface area contributed by atoms with Crippen molar-refractivity contribution in [3.8, 4) is 11.1 Å². The lowest BCUT2D eigenvalue weighted by molar-refractivity contribution is 0.276. The lowest BCUT2D eigenvalue weighted by Crippen LogP contribution is -2.18. The van der Waals surface area contributed by atoms with Crippen LogP contribution in [0.5, 0.6) is 0 Å². The molecule has 0 unspecified atom stereocenters. The highest BCUT2D eigenvalue weighted by molar-refractivity contribution is 7.71. The fraction of sp³-hybridized carbons (Fsp3) is 0.0833. The number of nitrogens with one attached hydrogen (secondary N) is 2. The van der Waals surface area contributed by atoms with Crippen LogP contribution in [0.25, 0.3) is 16.8 Å². The molecule has 0 aliphatic carbocycles. The molecule has 20 heavy (non-hydrogen) atoms. The number of halogens is 1. The van der Waals surface area contributed by atoms with Crippen LogP contribution in [0.4, 0.5) is 4.39 Å². The van der Waals surface area contributed by atoms with Gasteiger partial charge in [0.2, 0.25) is 4.77 Å². The number of nitrogens with zero attached hydrogens (tertiary/aromatic N) is 2. The Labute approximate surface area is 116 Å². The Morgan fingerprint density at radius 2 is 2.05 bits per heavy atom. The van der Waals surface area contributed by atoms with Crippen molar-refractivity contribution in [1.82, 2.24) is 19.6 Å². The van der Waals surface area contributed by atoms with Crippen molar-refractivity contribution in [2.45, 2.75) is 6.61 Å². The van der Waals surface area contributed by atoms with Gasteiger partial charge in [0.25, 0.3) is 0 Å². The lowest BCUT2D eigenvalue weighted by atomic mass is 10.1. The van der Waals surface area contributed by atoms with Gasteiger partial charge in [-0.15, -0.1) is 0 Å². The van der Waals surface area contributed by atoms with Gasteiger partial charge in [0.15, 0.2) is 5.65 Å². The van der Waals surface area contributed by atoms with Gasteiger partial charge in [-0.1, -0.05) is 12.1 Å². The molecule has 2 heterocycles. The fourth-order valence-electron chi connectivity index (χ4n) is 2.05. The van der Waals surface area contributed by atoms with Crippen LogP contribution in [-0.2, 0) is 6.61 Å². The average Bonchev–Trinajstić information content (AvgIpc) is 2.78. The molecule has 0 radical (unpaired) electrons. The Morgan fingerprint density at radius 1 is 1.35 bits per heavy atom. The van der Waals surface area contributed by atoms with Gasteiger partial charge in [0, 0.05) is 5.56 Å². The third-order valence-corrected chi connectivity index (χ3v) is 3.09. The zero-order valence-electron chi connectivity index (χ0n) is 10.1.